The van der Waals surface area contributed by atoms with Gasteiger partial charge in [-0.25, -0.2) is 4.98 Å². The molecule has 2 heterocycles. The molecule has 0 aliphatic rings. The zero-order valence-corrected chi connectivity index (χ0v) is 11.8. The minimum atomic E-state index is 0.610. The first-order valence-electron chi connectivity index (χ1n) is 6.41. The number of nitrogens with zero attached hydrogens (tertiary/aromatic N) is 1. The van der Waals surface area contributed by atoms with E-state index in [1.807, 2.05) is 35.7 Å². The van der Waals surface area contributed by atoms with Gasteiger partial charge in [-0.1, -0.05) is 32.0 Å². The molecule has 1 aromatic carbocycles. The van der Waals surface area contributed by atoms with Crippen LogP contribution in [0, 0.1) is 5.92 Å². The summed E-state index contributed by atoms with van der Waals surface area (Å²) in [5.41, 5.74) is 1.80. The third-order valence-corrected chi connectivity index (χ3v) is 3.64. The van der Waals surface area contributed by atoms with E-state index in [1.165, 1.54) is 0 Å². The fourth-order valence-electron chi connectivity index (χ4n) is 1.87. The molecule has 3 aromatic rings. The lowest BCUT2D eigenvalue weighted by Gasteiger charge is -2.04. The van der Waals surface area contributed by atoms with Crippen LogP contribution in [-0.4, -0.2) is 11.5 Å². The summed E-state index contributed by atoms with van der Waals surface area (Å²) >= 11 is 1.61. The summed E-state index contributed by atoms with van der Waals surface area (Å²) < 4.78 is 5.81. The van der Waals surface area contributed by atoms with Gasteiger partial charge in [0.15, 0.2) is 10.9 Å². The summed E-state index contributed by atoms with van der Waals surface area (Å²) in [5, 5.41) is 7.42. The van der Waals surface area contributed by atoms with Crippen molar-refractivity contribution in [2.24, 2.45) is 5.92 Å². The molecule has 0 unspecified atom stereocenters. The Balaban J connectivity index is 1.85. The predicted molar refractivity (Wildman–Crippen MR) is 80.6 cm³/mol. The molecule has 1 N–H and O–H groups in total. The van der Waals surface area contributed by atoms with Gasteiger partial charge in [0.2, 0.25) is 0 Å². The SMILES string of the molecule is CC(C)CNc1nc(-c2cc3ccccc3o2)cs1. The van der Waals surface area contributed by atoms with Crippen LogP contribution in [-0.2, 0) is 0 Å². The van der Waals surface area contributed by atoms with E-state index in [2.05, 4.69) is 24.1 Å². The minimum absolute atomic E-state index is 0.610. The molecular formula is C15H16N2OS. The molecule has 2 aromatic heterocycles. The molecule has 0 saturated carbocycles. The third-order valence-electron chi connectivity index (χ3n) is 2.84. The molecule has 3 nitrogen and oxygen atoms in total. The van der Waals surface area contributed by atoms with E-state index in [4.69, 9.17) is 4.42 Å². The Morgan fingerprint density at radius 2 is 2.16 bits per heavy atom. The van der Waals surface area contributed by atoms with E-state index in [1.54, 1.807) is 11.3 Å². The van der Waals surface area contributed by atoms with E-state index >= 15 is 0 Å². The molecule has 0 atom stereocenters. The normalized spacial score (nSPS) is 11.3. The topological polar surface area (TPSA) is 38.1 Å². The Kier molecular flexibility index (Phi) is 3.25. The number of thiazole rings is 1. The molecule has 0 bridgehead atoms. The molecule has 0 aliphatic heterocycles. The Bertz CT molecular complexity index is 651. The van der Waals surface area contributed by atoms with Crippen LogP contribution in [0.15, 0.2) is 40.1 Å². The molecule has 0 saturated heterocycles. The molecule has 4 heteroatoms. The number of nitrogens with one attached hydrogen (secondary N) is 1. The second-order valence-electron chi connectivity index (χ2n) is 4.96. The molecule has 3 rings (SSSR count). The molecular weight excluding hydrogens is 256 g/mol. The second kappa shape index (κ2) is 5.05. The van der Waals surface area contributed by atoms with Gasteiger partial charge in [0, 0.05) is 17.3 Å². The quantitative estimate of drug-likeness (QED) is 0.752. The number of fused-ring (bicyclic) bond motifs is 1. The number of anilines is 1. The van der Waals surface area contributed by atoms with Gasteiger partial charge in [-0.3, -0.25) is 0 Å². The van der Waals surface area contributed by atoms with Gasteiger partial charge in [-0.2, -0.15) is 0 Å². The van der Waals surface area contributed by atoms with Crippen molar-refractivity contribution >= 4 is 27.4 Å². The summed E-state index contributed by atoms with van der Waals surface area (Å²) in [6.45, 7) is 5.30. The van der Waals surface area contributed by atoms with Gasteiger partial charge in [0.1, 0.15) is 11.3 Å². The zero-order valence-electron chi connectivity index (χ0n) is 11.0. The minimum Gasteiger partial charge on any atom is -0.454 e. The molecule has 0 aliphatic carbocycles. The third kappa shape index (κ3) is 2.63. The van der Waals surface area contributed by atoms with Crippen molar-refractivity contribution < 1.29 is 4.42 Å². The van der Waals surface area contributed by atoms with Crippen LogP contribution in [0.3, 0.4) is 0 Å². The highest BCUT2D eigenvalue weighted by atomic mass is 32.1. The van der Waals surface area contributed by atoms with Gasteiger partial charge in [-0.15, -0.1) is 11.3 Å². The number of hydrogen-bond acceptors (Lipinski definition) is 4. The average Bonchev–Trinajstić information content (AvgIpc) is 3.02. The Hall–Kier alpha value is -1.81. The maximum absolute atomic E-state index is 5.81. The lowest BCUT2D eigenvalue weighted by Crippen LogP contribution is -2.07. The lowest BCUT2D eigenvalue weighted by molar-refractivity contribution is 0.629. The number of benzene rings is 1. The van der Waals surface area contributed by atoms with E-state index in [0.29, 0.717) is 5.92 Å². The molecule has 0 amide bonds. The maximum atomic E-state index is 5.81. The van der Waals surface area contributed by atoms with E-state index in [0.717, 1.165) is 34.1 Å². The van der Waals surface area contributed by atoms with Gasteiger partial charge >= 0.3 is 0 Å². The van der Waals surface area contributed by atoms with Crippen LogP contribution in [0.5, 0.6) is 0 Å². The first kappa shape index (κ1) is 12.2. The van der Waals surface area contributed by atoms with Gasteiger partial charge < -0.3 is 9.73 Å². The average molecular weight is 272 g/mol. The highest BCUT2D eigenvalue weighted by Gasteiger charge is 2.09. The van der Waals surface area contributed by atoms with Gasteiger partial charge in [0.05, 0.1) is 0 Å². The fraction of sp³-hybridized carbons (Fsp3) is 0.267. The maximum Gasteiger partial charge on any atom is 0.183 e. The van der Waals surface area contributed by atoms with Gasteiger partial charge in [-0.05, 0) is 18.1 Å². The summed E-state index contributed by atoms with van der Waals surface area (Å²) in [6.07, 6.45) is 0. The van der Waals surface area contributed by atoms with Crippen molar-refractivity contribution in [1.82, 2.24) is 4.98 Å². The smallest absolute Gasteiger partial charge is 0.183 e. The molecule has 0 radical (unpaired) electrons. The van der Waals surface area contributed by atoms with Gasteiger partial charge in [0.25, 0.3) is 0 Å². The summed E-state index contributed by atoms with van der Waals surface area (Å²) in [7, 11) is 0. The Morgan fingerprint density at radius 1 is 1.32 bits per heavy atom. The molecule has 0 fully saturated rings. The van der Waals surface area contributed by atoms with E-state index < -0.39 is 0 Å². The Labute approximate surface area is 116 Å². The fourth-order valence-corrected chi connectivity index (χ4v) is 2.58. The van der Waals surface area contributed by atoms with Crippen molar-refractivity contribution in [2.45, 2.75) is 13.8 Å². The van der Waals surface area contributed by atoms with Crippen molar-refractivity contribution in [3.8, 4) is 11.5 Å². The van der Waals surface area contributed by atoms with E-state index in [9.17, 15) is 0 Å². The van der Waals surface area contributed by atoms with Crippen LogP contribution in [0.2, 0.25) is 0 Å². The summed E-state index contributed by atoms with van der Waals surface area (Å²) in [6, 6.07) is 10.1. The standard InChI is InChI=1S/C15H16N2OS/c1-10(2)8-16-15-17-12(9-19-15)14-7-11-5-3-4-6-13(11)18-14/h3-7,9-10H,8H2,1-2H3,(H,16,17). The van der Waals surface area contributed by atoms with Crippen LogP contribution < -0.4 is 5.32 Å². The number of hydrogen-bond donors (Lipinski definition) is 1. The largest absolute Gasteiger partial charge is 0.454 e. The van der Waals surface area contributed by atoms with Crippen molar-refractivity contribution in [3.05, 3.63) is 35.7 Å². The van der Waals surface area contributed by atoms with Crippen LogP contribution in [0.25, 0.3) is 22.4 Å². The molecule has 0 spiro atoms. The van der Waals surface area contributed by atoms with Crippen molar-refractivity contribution in [3.63, 3.8) is 0 Å². The highest BCUT2D eigenvalue weighted by Crippen LogP contribution is 2.30. The monoisotopic (exact) mass is 272 g/mol. The number of furan rings is 1. The van der Waals surface area contributed by atoms with Crippen LogP contribution in [0.4, 0.5) is 5.13 Å². The first-order chi connectivity index (χ1) is 9.22. The molecule has 19 heavy (non-hydrogen) atoms. The van der Waals surface area contributed by atoms with Crippen molar-refractivity contribution in [2.75, 3.05) is 11.9 Å². The zero-order chi connectivity index (χ0) is 13.2. The second-order valence-corrected chi connectivity index (χ2v) is 5.82. The first-order valence-corrected chi connectivity index (χ1v) is 7.28. The van der Waals surface area contributed by atoms with Crippen LogP contribution in [0.1, 0.15) is 13.8 Å². The summed E-state index contributed by atoms with van der Waals surface area (Å²) in [4.78, 5) is 4.56. The highest BCUT2D eigenvalue weighted by molar-refractivity contribution is 7.14. The van der Waals surface area contributed by atoms with Crippen molar-refractivity contribution in [1.29, 1.82) is 0 Å². The Morgan fingerprint density at radius 3 is 2.95 bits per heavy atom. The number of aromatic nitrogens is 1. The van der Waals surface area contributed by atoms with E-state index in [-0.39, 0.29) is 0 Å². The lowest BCUT2D eigenvalue weighted by atomic mass is 10.2. The molecule has 98 valence electrons. The van der Waals surface area contributed by atoms with Crippen LogP contribution >= 0.6 is 11.3 Å². The number of para-hydroxylation sites is 1. The predicted octanol–water partition coefficient (Wildman–Crippen LogP) is 4.62. The summed E-state index contributed by atoms with van der Waals surface area (Å²) in [5.74, 6) is 1.44. The number of rotatable bonds is 4.